The Kier molecular flexibility index (Phi) is 3.94. The highest BCUT2D eigenvalue weighted by Crippen LogP contribution is 2.03. The number of nitrogens with one attached hydrogen (secondary N) is 2. The Hall–Kier alpha value is -1.55. The van der Waals surface area contributed by atoms with Crippen LogP contribution in [0.1, 0.15) is 6.92 Å². The summed E-state index contributed by atoms with van der Waals surface area (Å²) < 4.78 is 0. The first-order valence-corrected chi connectivity index (χ1v) is 4.54. The Bertz CT molecular complexity index is 285. The molecule has 1 rings (SSSR count). The van der Waals surface area contributed by atoms with Gasteiger partial charge in [0.15, 0.2) is 0 Å². The van der Waals surface area contributed by atoms with Gasteiger partial charge in [-0.25, -0.2) is 4.79 Å². The molecule has 4 nitrogen and oxygen atoms in total. The van der Waals surface area contributed by atoms with Crippen LogP contribution in [0, 0.1) is 0 Å². The van der Waals surface area contributed by atoms with E-state index in [1.807, 2.05) is 37.3 Å². The third-order valence-electron chi connectivity index (χ3n) is 1.62. The van der Waals surface area contributed by atoms with E-state index in [0.717, 1.165) is 5.69 Å². The fourth-order valence-corrected chi connectivity index (χ4v) is 0.950. The van der Waals surface area contributed by atoms with Crippen LogP contribution in [0.15, 0.2) is 30.3 Å². The third kappa shape index (κ3) is 3.91. The van der Waals surface area contributed by atoms with E-state index >= 15 is 0 Å². The smallest absolute Gasteiger partial charge is 0.319 e. The summed E-state index contributed by atoms with van der Waals surface area (Å²) in [7, 11) is 0. The average molecular weight is 193 g/mol. The van der Waals surface area contributed by atoms with Gasteiger partial charge in [-0.1, -0.05) is 18.2 Å². The third-order valence-corrected chi connectivity index (χ3v) is 1.62. The van der Waals surface area contributed by atoms with Crippen molar-refractivity contribution in [3.63, 3.8) is 0 Å². The van der Waals surface area contributed by atoms with Crippen molar-refractivity contribution in [3.8, 4) is 0 Å². The summed E-state index contributed by atoms with van der Waals surface area (Å²) in [6, 6.07) is 9.01. The summed E-state index contributed by atoms with van der Waals surface area (Å²) in [4.78, 5) is 11.2. The van der Waals surface area contributed by atoms with Crippen LogP contribution in [-0.2, 0) is 0 Å². The molecule has 0 spiro atoms. The van der Waals surface area contributed by atoms with Crippen molar-refractivity contribution in [3.05, 3.63) is 30.3 Å². The van der Waals surface area contributed by atoms with Crippen LogP contribution in [0.2, 0.25) is 0 Å². The Morgan fingerprint density at radius 3 is 2.64 bits per heavy atom. The summed E-state index contributed by atoms with van der Waals surface area (Å²) in [5, 5.41) is 5.35. The summed E-state index contributed by atoms with van der Waals surface area (Å²) in [5.41, 5.74) is 6.26. The summed E-state index contributed by atoms with van der Waals surface area (Å²) in [6.07, 6.45) is 0. The number of hydrogen-bond donors (Lipinski definition) is 3. The van der Waals surface area contributed by atoms with Crippen LogP contribution < -0.4 is 16.4 Å². The van der Waals surface area contributed by atoms with Crippen LogP contribution in [-0.4, -0.2) is 18.6 Å². The van der Waals surface area contributed by atoms with E-state index in [2.05, 4.69) is 10.6 Å². The van der Waals surface area contributed by atoms with Gasteiger partial charge in [0.05, 0.1) is 0 Å². The highest BCUT2D eigenvalue weighted by molar-refractivity contribution is 5.89. The zero-order valence-electron chi connectivity index (χ0n) is 8.16. The monoisotopic (exact) mass is 193 g/mol. The molecule has 0 saturated heterocycles. The molecule has 0 fully saturated rings. The van der Waals surface area contributed by atoms with Gasteiger partial charge in [-0.3, -0.25) is 0 Å². The Morgan fingerprint density at radius 2 is 2.07 bits per heavy atom. The number of amides is 2. The highest BCUT2D eigenvalue weighted by Gasteiger charge is 2.00. The van der Waals surface area contributed by atoms with E-state index in [1.165, 1.54) is 0 Å². The van der Waals surface area contributed by atoms with Crippen molar-refractivity contribution < 1.29 is 4.79 Å². The molecule has 0 bridgehead atoms. The lowest BCUT2D eigenvalue weighted by molar-refractivity contribution is 0.251. The lowest BCUT2D eigenvalue weighted by Crippen LogP contribution is -2.37. The summed E-state index contributed by atoms with van der Waals surface area (Å²) in [6.45, 7) is 2.31. The molecule has 2 amide bonds. The maximum Gasteiger partial charge on any atom is 0.319 e. The van der Waals surface area contributed by atoms with Crippen molar-refractivity contribution >= 4 is 11.7 Å². The first-order valence-electron chi connectivity index (χ1n) is 4.54. The maximum absolute atomic E-state index is 11.2. The number of nitrogens with two attached hydrogens (primary N) is 1. The number of para-hydroxylation sites is 1. The molecule has 0 aliphatic heterocycles. The number of hydrogen-bond acceptors (Lipinski definition) is 2. The molecular formula is C10H15N3O. The summed E-state index contributed by atoms with van der Waals surface area (Å²) in [5.74, 6) is 0. The molecule has 0 aromatic heterocycles. The predicted molar refractivity (Wildman–Crippen MR) is 57.1 cm³/mol. The molecule has 0 aliphatic rings. The molecule has 1 atom stereocenters. The van der Waals surface area contributed by atoms with Crippen molar-refractivity contribution in [2.45, 2.75) is 13.0 Å². The fourth-order valence-electron chi connectivity index (χ4n) is 0.950. The first kappa shape index (κ1) is 10.5. The van der Waals surface area contributed by atoms with E-state index in [4.69, 9.17) is 5.73 Å². The topological polar surface area (TPSA) is 67.1 Å². The van der Waals surface area contributed by atoms with Gasteiger partial charge in [0.1, 0.15) is 0 Å². The largest absolute Gasteiger partial charge is 0.336 e. The van der Waals surface area contributed by atoms with Crippen molar-refractivity contribution in [1.29, 1.82) is 0 Å². The molecule has 4 N–H and O–H groups in total. The number of urea groups is 1. The standard InChI is InChI=1S/C10H15N3O/c1-8(11)7-12-10(14)13-9-5-3-2-4-6-9/h2-6,8H,7,11H2,1H3,(H2,12,13,14). The number of benzene rings is 1. The lowest BCUT2D eigenvalue weighted by Gasteiger charge is -2.08. The zero-order chi connectivity index (χ0) is 10.4. The molecule has 1 aromatic carbocycles. The van der Waals surface area contributed by atoms with Crippen molar-refractivity contribution in [1.82, 2.24) is 5.32 Å². The minimum absolute atomic E-state index is 0.0310. The SMILES string of the molecule is CC(N)CNC(=O)Nc1ccccc1. The second-order valence-corrected chi connectivity index (χ2v) is 3.18. The van der Waals surface area contributed by atoms with Crippen LogP contribution >= 0.6 is 0 Å². The maximum atomic E-state index is 11.2. The minimum Gasteiger partial charge on any atom is -0.336 e. The Balaban J connectivity index is 2.35. The molecule has 0 saturated carbocycles. The van der Waals surface area contributed by atoms with Crippen LogP contribution in [0.4, 0.5) is 10.5 Å². The minimum atomic E-state index is -0.228. The van der Waals surface area contributed by atoms with Gasteiger partial charge >= 0.3 is 6.03 Å². The number of carbonyl (C=O) groups excluding carboxylic acids is 1. The Morgan fingerprint density at radius 1 is 1.43 bits per heavy atom. The van der Waals surface area contributed by atoms with E-state index in [-0.39, 0.29) is 12.1 Å². The van der Waals surface area contributed by atoms with Gasteiger partial charge < -0.3 is 16.4 Å². The van der Waals surface area contributed by atoms with Crippen molar-refractivity contribution in [2.75, 3.05) is 11.9 Å². The van der Waals surface area contributed by atoms with Gasteiger partial charge in [-0.15, -0.1) is 0 Å². The fraction of sp³-hybridized carbons (Fsp3) is 0.300. The van der Waals surface area contributed by atoms with E-state index in [1.54, 1.807) is 0 Å². The Labute approximate surface area is 83.5 Å². The molecule has 0 heterocycles. The highest BCUT2D eigenvalue weighted by atomic mass is 16.2. The molecule has 4 heteroatoms. The second kappa shape index (κ2) is 5.24. The molecule has 14 heavy (non-hydrogen) atoms. The summed E-state index contributed by atoms with van der Waals surface area (Å²) >= 11 is 0. The average Bonchev–Trinajstić information content (AvgIpc) is 2.16. The second-order valence-electron chi connectivity index (χ2n) is 3.18. The lowest BCUT2D eigenvalue weighted by atomic mass is 10.3. The van der Waals surface area contributed by atoms with E-state index in [9.17, 15) is 4.79 Å². The number of rotatable bonds is 3. The molecule has 0 aliphatic carbocycles. The zero-order valence-corrected chi connectivity index (χ0v) is 8.16. The molecule has 1 aromatic rings. The van der Waals surface area contributed by atoms with E-state index < -0.39 is 0 Å². The van der Waals surface area contributed by atoms with Crippen LogP contribution in [0.3, 0.4) is 0 Å². The van der Waals surface area contributed by atoms with Gasteiger partial charge in [0.25, 0.3) is 0 Å². The number of carbonyl (C=O) groups is 1. The van der Waals surface area contributed by atoms with Gasteiger partial charge in [-0.2, -0.15) is 0 Å². The van der Waals surface area contributed by atoms with Crippen LogP contribution in [0.25, 0.3) is 0 Å². The van der Waals surface area contributed by atoms with E-state index in [0.29, 0.717) is 6.54 Å². The quantitative estimate of drug-likeness (QED) is 0.674. The van der Waals surface area contributed by atoms with Gasteiger partial charge in [-0.05, 0) is 19.1 Å². The van der Waals surface area contributed by atoms with Gasteiger partial charge in [0.2, 0.25) is 0 Å². The molecule has 0 radical (unpaired) electrons. The van der Waals surface area contributed by atoms with Crippen molar-refractivity contribution in [2.24, 2.45) is 5.73 Å². The predicted octanol–water partition coefficient (Wildman–Crippen LogP) is 1.16. The molecule has 76 valence electrons. The molecule has 1 unspecified atom stereocenters. The normalized spacial score (nSPS) is 11.9. The first-order chi connectivity index (χ1) is 6.68. The van der Waals surface area contributed by atoms with Crippen LogP contribution in [0.5, 0.6) is 0 Å². The van der Waals surface area contributed by atoms with Gasteiger partial charge in [0, 0.05) is 18.3 Å². The number of anilines is 1. The molecular weight excluding hydrogens is 178 g/mol.